The van der Waals surface area contributed by atoms with Gasteiger partial charge >= 0.3 is 0 Å². The molecule has 1 fully saturated rings. The van der Waals surface area contributed by atoms with E-state index in [1.807, 2.05) is 0 Å². The number of amides is 1. The summed E-state index contributed by atoms with van der Waals surface area (Å²) in [5.41, 5.74) is -1.40. The molecule has 14 heteroatoms. The van der Waals surface area contributed by atoms with E-state index in [1.165, 1.54) is 12.3 Å². The molecule has 0 bridgehead atoms. The molecule has 14 radical (unpaired) electrons. The minimum atomic E-state index is -2.30. The fourth-order valence-corrected chi connectivity index (χ4v) is 3.92. The van der Waals surface area contributed by atoms with Crippen molar-refractivity contribution in [3.05, 3.63) is 64.2 Å². The van der Waals surface area contributed by atoms with Gasteiger partial charge in [-0.05, 0) is 53.3 Å². The third-order valence-corrected chi connectivity index (χ3v) is 6.13. The van der Waals surface area contributed by atoms with Crippen LogP contribution >= 0.6 is 11.6 Å². The zero-order valence-corrected chi connectivity index (χ0v) is 19.0. The molecule has 0 aliphatic carbocycles. The molecule has 1 saturated heterocycles. The molecule has 1 N–H and O–H groups in total. The minimum absolute atomic E-state index is 0.00939. The van der Waals surface area contributed by atoms with E-state index in [4.69, 9.17) is 66.5 Å². The van der Waals surface area contributed by atoms with Gasteiger partial charge in [0.2, 0.25) is 0 Å². The lowest BCUT2D eigenvalue weighted by molar-refractivity contribution is 0.0104. The monoisotopic (exact) mass is 463 g/mol. The number of carbonyl (C=O) groups is 1. The molecule has 158 valence electrons. The number of nitrogens with zero attached hydrogens (tertiary/aromatic N) is 2. The molecule has 0 spiro atoms. The van der Waals surface area contributed by atoms with Gasteiger partial charge in [-0.15, -0.1) is 5.11 Å². The first kappa shape index (κ1) is 27.0. The summed E-state index contributed by atoms with van der Waals surface area (Å²) < 4.78 is 29.4. The second-order valence-electron chi connectivity index (χ2n) is 8.66. The highest BCUT2D eigenvalue weighted by Gasteiger charge is 2.52. The summed E-state index contributed by atoms with van der Waals surface area (Å²) in [7, 11) is 41.2. The first-order valence-electron chi connectivity index (χ1n) is 10.2. The maximum atomic E-state index is 16.0. The van der Waals surface area contributed by atoms with Gasteiger partial charge in [0.15, 0.2) is 0 Å². The van der Waals surface area contributed by atoms with Crippen molar-refractivity contribution in [1.29, 1.82) is 0 Å². The van der Waals surface area contributed by atoms with Gasteiger partial charge in [-0.2, -0.15) is 0 Å². The Morgan fingerprint density at radius 1 is 1.18 bits per heavy atom. The molecular weight excluding hydrogens is 447 g/mol. The van der Waals surface area contributed by atoms with E-state index in [0.717, 1.165) is 17.0 Å². The van der Waals surface area contributed by atoms with E-state index >= 15 is 4.39 Å². The molecule has 3 rings (SSSR count). The Hall–Kier alpha value is -1.60. The predicted molar refractivity (Wildman–Crippen MR) is 134 cm³/mol. The highest BCUT2D eigenvalue weighted by Crippen LogP contribution is 2.40. The first-order chi connectivity index (χ1) is 15.6. The lowest BCUT2D eigenvalue weighted by Crippen LogP contribution is -2.70. The van der Waals surface area contributed by atoms with Crippen molar-refractivity contribution in [1.82, 2.24) is 15.2 Å². The van der Waals surface area contributed by atoms with Crippen molar-refractivity contribution in [3.8, 4) is 0 Å². The van der Waals surface area contributed by atoms with Crippen molar-refractivity contribution in [2.24, 2.45) is 0 Å². The van der Waals surface area contributed by atoms with Gasteiger partial charge in [-0.25, -0.2) is 8.78 Å². The average Bonchev–Trinajstić information content (AvgIpc) is 2.73. The fraction of sp³-hybridized carbons (Fsp3) is 0.400. The Labute approximate surface area is 212 Å². The Kier molecular flexibility index (Phi) is 7.51. The number of piperidine rings is 1. The van der Waals surface area contributed by atoms with Crippen LogP contribution in [0.2, 0.25) is 5.02 Å². The number of nitrogens with one attached hydrogen (secondary N) is 1. The van der Waals surface area contributed by atoms with E-state index in [1.54, 1.807) is 12.1 Å². The maximum absolute atomic E-state index is 16.0. The molecule has 0 saturated carbocycles. The smallest absolute Gasteiger partial charge is 0.253 e. The van der Waals surface area contributed by atoms with Crippen LogP contribution in [-0.4, -0.2) is 93.6 Å². The molecule has 2 aromatic rings. The summed E-state index contributed by atoms with van der Waals surface area (Å²) in [6.45, 7) is -0.210. The summed E-state index contributed by atoms with van der Waals surface area (Å²) in [6, 6.07) is 6.57. The molecule has 1 atom stereocenters. The largest absolute Gasteiger partial charge is 0.350 e. The van der Waals surface area contributed by atoms with Crippen molar-refractivity contribution < 1.29 is 13.6 Å². The molecule has 4 nitrogen and oxygen atoms in total. The van der Waals surface area contributed by atoms with Crippen LogP contribution in [0.1, 0.15) is 34.5 Å². The molecule has 1 aromatic heterocycles. The number of pyridine rings is 1. The number of benzene rings is 1. The van der Waals surface area contributed by atoms with Crippen LogP contribution in [0, 0.1) is 5.82 Å². The lowest BCUT2D eigenvalue weighted by atomic mass is 9.40. The summed E-state index contributed by atoms with van der Waals surface area (Å²) >= 11 is 5.76. The quantitative estimate of drug-likeness (QED) is 0.625. The highest BCUT2D eigenvalue weighted by molar-refractivity contribution is 6.58. The molecule has 1 aromatic carbocycles. The number of alkyl halides is 1. The van der Waals surface area contributed by atoms with Crippen LogP contribution in [0.3, 0.4) is 0 Å². The third kappa shape index (κ3) is 5.62. The number of halogens is 3. The van der Waals surface area contributed by atoms with E-state index in [9.17, 15) is 9.18 Å². The molecule has 1 amide bonds. The molecule has 1 unspecified atom stereocenters. The fourth-order valence-electron chi connectivity index (χ4n) is 3.74. The molecule has 1 aliphatic rings. The van der Waals surface area contributed by atoms with Crippen LogP contribution in [0.15, 0.2) is 36.5 Å². The lowest BCUT2D eigenvalue weighted by Gasteiger charge is -2.55. The predicted octanol–water partition coefficient (Wildman–Crippen LogP) is 0.206. The first-order valence-corrected chi connectivity index (χ1v) is 10.6. The Morgan fingerprint density at radius 2 is 1.85 bits per heavy atom. The second kappa shape index (κ2) is 9.46. The summed E-state index contributed by atoms with van der Waals surface area (Å²) in [5, 5.41) is -3.09. The zero-order valence-electron chi connectivity index (χ0n) is 18.3. The normalized spacial score (nSPS) is 20.7. The molecule has 2 heterocycles. The number of carbonyl (C=O) groups excluding carboxylic acids is 1. The Morgan fingerprint density at radius 3 is 2.38 bits per heavy atom. The van der Waals surface area contributed by atoms with E-state index < -0.39 is 39.6 Å². The van der Waals surface area contributed by atoms with Gasteiger partial charge in [0.25, 0.3) is 5.91 Å². The molecular formula is C20H15B7ClF2N3O. The van der Waals surface area contributed by atoms with Crippen LogP contribution in [-0.2, 0) is 11.7 Å². The summed E-state index contributed by atoms with van der Waals surface area (Å²) in [5.74, 6) is -1.33. The number of aromatic nitrogens is 1. The van der Waals surface area contributed by atoms with Gasteiger partial charge in [0, 0.05) is 24.8 Å². The van der Waals surface area contributed by atoms with Crippen molar-refractivity contribution in [2.75, 3.05) is 6.54 Å². The minimum Gasteiger partial charge on any atom is -0.350 e. The SMILES string of the molecule is [B]C([B])([B])c1ccc(CNC([B])([B])C2(F)CCN(C(=O)c3ccc(F)c(Cl)c3)C([B])([B])C2)nc1. The van der Waals surface area contributed by atoms with Crippen molar-refractivity contribution in [3.63, 3.8) is 0 Å². The summed E-state index contributed by atoms with van der Waals surface area (Å²) in [4.78, 5) is 18.1. The maximum Gasteiger partial charge on any atom is 0.253 e. The molecule has 34 heavy (non-hydrogen) atoms. The number of hydrogen-bond acceptors (Lipinski definition) is 3. The van der Waals surface area contributed by atoms with Crippen LogP contribution in [0.5, 0.6) is 0 Å². The number of hydrogen-bond donors (Lipinski definition) is 1. The van der Waals surface area contributed by atoms with Crippen molar-refractivity contribution >= 4 is 72.4 Å². The highest BCUT2D eigenvalue weighted by atomic mass is 35.5. The van der Waals surface area contributed by atoms with Crippen molar-refractivity contribution in [2.45, 2.75) is 40.8 Å². The van der Waals surface area contributed by atoms with Crippen LogP contribution in [0.25, 0.3) is 0 Å². The summed E-state index contributed by atoms with van der Waals surface area (Å²) in [6.07, 6.45) is 0.531. The van der Waals surface area contributed by atoms with E-state index in [2.05, 4.69) is 10.3 Å². The van der Waals surface area contributed by atoms with Gasteiger partial charge in [-0.3, -0.25) is 9.78 Å². The topological polar surface area (TPSA) is 45.2 Å². The van der Waals surface area contributed by atoms with Gasteiger partial charge in [-0.1, -0.05) is 17.7 Å². The standard InChI is InChI=1S/C20H15B7ClF2N3O/c21-18(22)10-17(30,5-6-33(18)16(34)11-1-4-15(29)14(28)7-11)20(26,27)32-9-13-3-2-12(8-31-13)19(23,24)25/h1-4,7-8,32H,5-6,9-10H2. The van der Waals surface area contributed by atoms with Gasteiger partial charge in [0.05, 0.1) is 65.6 Å². The third-order valence-electron chi connectivity index (χ3n) is 5.84. The number of likely N-dealkylation sites (tertiary alicyclic amines) is 1. The van der Waals surface area contributed by atoms with Gasteiger partial charge < -0.3 is 10.2 Å². The van der Waals surface area contributed by atoms with E-state index in [-0.39, 0.29) is 30.1 Å². The second-order valence-corrected chi connectivity index (χ2v) is 9.07. The van der Waals surface area contributed by atoms with E-state index in [0.29, 0.717) is 11.3 Å². The van der Waals surface area contributed by atoms with Crippen LogP contribution < -0.4 is 5.32 Å². The average molecular weight is 462 g/mol. The Balaban J connectivity index is 1.71. The Bertz CT molecular complexity index is 1070. The molecule has 1 aliphatic heterocycles. The van der Waals surface area contributed by atoms with Crippen LogP contribution in [0.4, 0.5) is 8.78 Å². The number of rotatable bonds is 6. The zero-order chi connectivity index (χ0) is 25.5. The van der Waals surface area contributed by atoms with Gasteiger partial charge in [0.1, 0.15) is 11.5 Å².